The van der Waals surface area contributed by atoms with Gasteiger partial charge in [-0.05, 0) is 55.1 Å². The van der Waals surface area contributed by atoms with E-state index in [4.69, 9.17) is 11.5 Å². The van der Waals surface area contributed by atoms with Crippen LogP contribution in [0, 0.1) is 17.7 Å². The van der Waals surface area contributed by atoms with Crippen molar-refractivity contribution in [3.05, 3.63) is 34.1 Å². The lowest BCUT2D eigenvalue weighted by atomic mass is 9.88. The van der Waals surface area contributed by atoms with E-state index in [1.807, 2.05) is 6.07 Å². The van der Waals surface area contributed by atoms with E-state index in [9.17, 15) is 4.39 Å². The zero-order valence-corrected chi connectivity index (χ0v) is 11.0. The molecule has 2 nitrogen and oxygen atoms in total. The second kappa shape index (κ2) is 6.33. The minimum absolute atomic E-state index is 0.164. The molecule has 0 saturated carbocycles. The van der Waals surface area contributed by atoms with Gasteiger partial charge in [-0.3, -0.25) is 0 Å². The van der Waals surface area contributed by atoms with Gasteiger partial charge in [0, 0.05) is 4.47 Å². The lowest BCUT2D eigenvalue weighted by Crippen LogP contribution is -2.30. The summed E-state index contributed by atoms with van der Waals surface area (Å²) in [4.78, 5) is 0. The first kappa shape index (κ1) is 13.6. The Morgan fingerprint density at radius 2 is 1.94 bits per heavy atom. The minimum Gasteiger partial charge on any atom is -0.330 e. The van der Waals surface area contributed by atoms with Gasteiger partial charge in [0.1, 0.15) is 5.82 Å². The first-order valence-corrected chi connectivity index (χ1v) is 6.21. The molecule has 90 valence electrons. The molecule has 0 fully saturated rings. The topological polar surface area (TPSA) is 52.0 Å². The van der Waals surface area contributed by atoms with Gasteiger partial charge in [-0.1, -0.05) is 22.9 Å². The quantitative estimate of drug-likeness (QED) is 0.874. The number of hydrogen-bond donors (Lipinski definition) is 2. The molecule has 1 aromatic carbocycles. The SMILES string of the molecule is CC(Cc1cc(Br)ccc1F)C(CN)CN. The van der Waals surface area contributed by atoms with Crippen LogP contribution in [-0.2, 0) is 6.42 Å². The van der Waals surface area contributed by atoms with Crippen LogP contribution in [0.2, 0.25) is 0 Å². The van der Waals surface area contributed by atoms with Crippen molar-refractivity contribution in [1.29, 1.82) is 0 Å². The summed E-state index contributed by atoms with van der Waals surface area (Å²) in [5.41, 5.74) is 12.0. The highest BCUT2D eigenvalue weighted by molar-refractivity contribution is 9.10. The molecule has 0 aliphatic rings. The smallest absolute Gasteiger partial charge is 0.126 e. The van der Waals surface area contributed by atoms with Crippen molar-refractivity contribution in [3.63, 3.8) is 0 Å². The molecule has 0 aliphatic carbocycles. The molecule has 4 N–H and O–H groups in total. The maximum atomic E-state index is 13.5. The first-order chi connectivity index (χ1) is 7.58. The molecule has 16 heavy (non-hydrogen) atoms. The molecular formula is C12H18BrFN2. The monoisotopic (exact) mass is 288 g/mol. The van der Waals surface area contributed by atoms with Gasteiger partial charge in [-0.25, -0.2) is 4.39 Å². The molecule has 0 bridgehead atoms. The standard InChI is InChI=1S/C12H18BrFN2/c1-8(10(6-15)7-16)4-9-5-11(13)2-3-12(9)14/h2-3,5,8,10H,4,6-7,15-16H2,1H3. The molecule has 0 aliphatic heterocycles. The number of hydrogen-bond acceptors (Lipinski definition) is 2. The normalized spacial score (nSPS) is 13.1. The van der Waals surface area contributed by atoms with E-state index < -0.39 is 0 Å². The van der Waals surface area contributed by atoms with Gasteiger partial charge in [0.25, 0.3) is 0 Å². The van der Waals surface area contributed by atoms with E-state index in [1.54, 1.807) is 6.07 Å². The first-order valence-electron chi connectivity index (χ1n) is 5.42. The minimum atomic E-state index is -0.164. The maximum Gasteiger partial charge on any atom is 0.126 e. The summed E-state index contributed by atoms with van der Waals surface area (Å²) >= 11 is 3.34. The average molecular weight is 289 g/mol. The van der Waals surface area contributed by atoms with E-state index in [1.165, 1.54) is 6.07 Å². The van der Waals surface area contributed by atoms with Crippen molar-refractivity contribution in [1.82, 2.24) is 0 Å². The molecular weight excluding hydrogens is 271 g/mol. The van der Waals surface area contributed by atoms with E-state index in [0.29, 0.717) is 31.0 Å². The van der Waals surface area contributed by atoms with Crippen LogP contribution in [0.15, 0.2) is 22.7 Å². The lowest BCUT2D eigenvalue weighted by Gasteiger charge is -2.21. The molecule has 1 aromatic rings. The maximum absolute atomic E-state index is 13.5. The number of rotatable bonds is 5. The third-order valence-corrected chi connectivity index (χ3v) is 3.45. The van der Waals surface area contributed by atoms with Gasteiger partial charge < -0.3 is 11.5 Å². The Balaban J connectivity index is 2.75. The van der Waals surface area contributed by atoms with E-state index in [2.05, 4.69) is 22.9 Å². The second-order valence-corrected chi connectivity index (χ2v) is 5.06. The van der Waals surface area contributed by atoms with Crippen molar-refractivity contribution in [2.45, 2.75) is 13.3 Å². The molecule has 0 aromatic heterocycles. The Morgan fingerprint density at radius 3 is 2.50 bits per heavy atom. The number of nitrogens with two attached hydrogens (primary N) is 2. The van der Waals surface area contributed by atoms with Crippen molar-refractivity contribution < 1.29 is 4.39 Å². The van der Waals surface area contributed by atoms with Gasteiger partial charge in [0.05, 0.1) is 0 Å². The summed E-state index contributed by atoms with van der Waals surface area (Å²) in [6.07, 6.45) is 0.671. The van der Waals surface area contributed by atoms with Gasteiger partial charge in [0.15, 0.2) is 0 Å². The summed E-state index contributed by atoms with van der Waals surface area (Å²) in [5.74, 6) is 0.375. The van der Waals surface area contributed by atoms with Gasteiger partial charge in [-0.15, -0.1) is 0 Å². The van der Waals surface area contributed by atoms with Crippen molar-refractivity contribution in [3.8, 4) is 0 Å². The second-order valence-electron chi connectivity index (χ2n) is 4.15. The Bertz CT molecular complexity index is 340. The Hall–Kier alpha value is -0.450. The molecule has 4 heteroatoms. The Morgan fingerprint density at radius 1 is 1.31 bits per heavy atom. The highest BCUT2D eigenvalue weighted by Crippen LogP contribution is 2.21. The summed E-state index contributed by atoms with van der Waals surface area (Å²) in [6.45, 7) is 3.16. The van der Waals surface area contributed by atoms with Crippen LogP contribution >= 0.6 is 15.9 Å². The van der Waals surface area contributed by atoms with E-state index in [0.717, 1.165) is 4.47 Å². The Kier molecular flexibility index (Phi) is 5.38. The third-order valence-electron chi connectivity index (χ3n) is 2.96. The van der Waals surface area contributed by atoms with Crippen LogP contribution in [0.25, 0.3) is 0 Å². The van der Waals surface area contributed by atoms with Crippen LogP contribution in [0.5, 0.6) is 0 Å². The summed E-state index contributed by atoms with van der Waals surface area (Å²) < 4.78 is 14.4. The zero-order valence-electron chi connectivity index (χ0n) is 9.42. The van der Waals surface area contributed by atoms with E-state index in [-0.39, 0.29) is 11.7 Å². The van der Waals surface area contributed by atoms with Crippen LogP contribution in [0.1, 0.15) is 12.5 Å². The Labute approximate surface area is 104 Å². The summed E-state index contributed by atoms with van der Waals surface area (Å²) in [6, 6.07) is 4.99. The largest absolute Gasteiger partial charge is 0.330 e. The van der Waals surface area contributed by atoms with Gasteiger partial charge >= 0.3 is 0 Å². The van der Waals surface area contributed by atoms with Crippen molar-refractivity contribution in [2.75, 3.05) is 13.1 Å². The molecule has 0 heterocycles. The fraction of sp³-hybridized carbons (Fsp3) is 0.500. The average Bonchev–Trinajstić information content (AvgIpc) is 2.25. The van der Waals surface area contributed by atoms with Gasteiger partial charge in [-0.2, -0.15) is 0 Å². The lowest BCUT2D eigenvalue weighted by molar-refractivity contribution is 0.368. The molecule has 1 unspecified atom stereocenters. The highest BCUT2D eigenvalue weighted by atomic mass is 79.9. The number of halogens is 2. The molecule has 0 amide bonds. The van der Waals surface area contributed by atoms with Crippen LogP contribution in [-0.4, -0.2) is 13.1 Å². The molecule has 0 saturated heterocycles. The highest BCUT2D eigenvalue weighted by Gasteiger charge is 2.16. The van der Waals surface area contributed by atoms with Crippen molar-refractivity contribution in [2.24, 2.45) is 23.3 Å². The molecule has 0 radical (unpaired) electrons. The predicted octanol–water partition coefficient (Wildman–Crippen LogP) is 2.30. The van der Waals surface area contributed by atoms with Crippen LogP contribution < -0.4 is 11.5 Å². The predicted molar refractivity (Wildman–Crippen MR) is 68.6 cm³/mol. The molecule has 1 atom stereocenters. The summed E-state index contributed by atoms with van der Waals surface area (Å²) in [5, 5.41) is 0. The molecule has 1 rings (SSSR count). The van der Waals surface area contributed by atoms with E-state index >= 15 is 0 Å². The number of benzene rings is 1. The fourth-order valence-electron chi connectivity index (χ4n) is 1.77. The van der Waals surface area contributed by atoms with Crippen molar-refractivity contribution >= 4 is 15.9 Å². The van der Waals surface area contributed by atoms with Gasteiger partial charge in [0.2, 0.25) is 0 Å². The third kappa shape index (κ3) is 3.54. The van der Waals surface area contributed by atoms with Crippen LogP contribution in [0.4, 0.5) is 4.39 Å². The fourth-order valence-corrected chi connectivity index (χ4v) is 2.18. The molecule has 0 spiro atoms. The summed E-state index contributed by atoms with van der Waals surface area (Å²) in [7, 11) is 0. The van der Waals surface area contributed by atoms with Crippen LogP contribution in [0.3, 0.4) is 0 Å². The zero-order chi connectivity index (χ0) is 12.1.